The van der Waals surface area contributed by atoms with E-state index in [9.17, 15) is 0 Å². The van der Waals surface area contributed by atoms with Crippen LogP contribution < -0.4 is 5.73 Å². The van der Waals surface area contributed by atoms with E-state index in [1.165, 1.54) is 35.9 Å². The first-order valence-electron chi connectivity index (χ1n) is 6.86. The van der Waals surface area contributed by atoms with E-state index in [2.05, 4.69) is 31.0 Å². The molecule has 0 radical (unpaired) electrons. The van der Waals surface area contributed by atoms with Crippen LogP contribution in [0.2, 0.25) is 0 Å². The minimum Gasteiger partial charge on any atom is -0.342 e. The van der Waals surface area contributed by atoms with Gasteiger partial charge in [0.05, 0.1) is 11.0 Å². The summed E-state index contributed by atoms with van der Waals surface area (Å²) in [6.07, 6.45) is 5.84. The van der Waals surface area contributed by atoms with Gasteiger partial charge in [0.25, 0.3) is 0 Å². The predicted molar refractivity (Wildman–Crippen MR) is 76.8 cm³/mol. The van der Waals surface area contributed by atoms with Crippen molar-refractivity contribution < 1.29 is 0 Å². The number of unbranched alkanes of at least 4 members (excludes halogenated alkanes) is 3. The van der Waals surface area contributed by atoms with Crippen LogP contribution in [0, 0.1) is 13.8 Å². The van der Waals surface area contributed by atoms with Crippen molar-refractivity contribution in [2.45, 2.75) is 46.0 Å². The van der Waals surface area contributed by atoms with Crippen molar-refractivity contribution in [3.8, 4) is 0 Å². The summed E-state index contributed by atoms with van der Waals surface area (Å²) in [7, 11) is 0. The average Bonchev–Trinajstić information content (AvgIpc) is 2.72. The lowest BCUT2D eigenvalue weighted by Gasteiger charge is -1.97. The number of imidazole rings is 1. The fourth-order valence-electron chi connectivity index (χ4n) is 2.43. The Hall–Kier alpha value is -1.35. The van der Waals surface area contributed by atoms with Crippen molar-refractivity contribution in [3.63, 3.8) is 0 Å². The first-order chi connectivity index (χ1) is 8.70. The fourth-order valence-corrected chi connectivity index (χ4v) is 2.43. The monoisotopic (exact) mass is 245 g/mol. The van der Waals surface area contributed by atoms with Gasteiger partial charge in [-0.2, -0.15) is 0 Å². The molecule has 0 amide bonds. The van der Waals surface area contributed by atoms with E-state index >= 15 is 0 Å². The molecular weight excluding hydrogens is 222 g/mol. The first-order valence-corrected chi connectivity index (χ1v) is 6.86. The van der Waals surface area contributed by atoms with E-state index in [1.54, 1.807) is 0 Å². The second-order valence-electron chi connectivity index (χ2n) is 5.11. The molecule has 0 aliphatic rings. The smallest absolute Gasteiger partial charge is 0.107 e. The summed E-state index contributed by atoms with van der Waals surface area (Å²) >= 11 is 0. The Morgan fingerprint density at radius 3 is 2.67 bits per heavy atom. The van der Waals surface area contributed by atoms with Gasteiger partial charge in [-0.3, -0.25) is 0 Å². The van der Waals surface area contributed by atoms with Gasteiger partial charge in [-0.25, -0.2) is 4.98 Å². The minimum absolute atomic E-state index is 0.809. The zero-order chi connectivity index (χ0) is 13.0. The molecule has 0 saturated carbocycles. The Kier molecular flexibility index (Phi) is 4.37. The molecule has 2 rings (SSSR count). The molecule has 0 atom stereocenters. The standard InChI is InChI=1S/C15H23N3/c1-11-9-12(2)15-13(10-11)17-14(18-15)7-5-3-4-6-8-16/h9-10H,3-8,16H2,1-2H3,(H,17,18). The number of H-pyrrole nitrogens is 1. The molecule has 98 valence electrons. The molecular formula is C15H23N3. The van der Waals surface area contributed by atoms with E-state index in [4.69, 9.17) is 10.7 Å². The summed E-state index contributed by atoms with van der Waals surface area (Å²) in [4.78, 5) is 8.12. The lowest BCUT2D eigenvalue weighted by atomic mass is 10.1. The number of nitrogens with one attached hydrogen (secondary N) is 1. The fraction of sp³-hybridized carbons (Fsp3) is 0.533. The van der Waals surface area contributed by atoms with Crippen LogP contribution in [0.5, 0.6) is 0 Å². The van der Waals surface area contributed by atoms with Crippen molar-refractivity contribution in [2.75, 3.05) is 6.54 Å². The Morgan fingerprint density at radius 1 is 1.11 bits per heavy atom. The van der Waals surface area contributed by atoms with E-state index in [0.717, 1.165) is 30.7 Å². The molecule has 0 fully saturated rings. The number of benzene rings is 1. The van der Waals surface area contributed by atoms with Gasteiger partial charge >= 0.3 is 0 Å². The Balaban J connectivity index is 2.00. The van der Waals surface area contributed by atoms with Crippen LogP contribution in [0.4, 0.5) is 0 Å². The molecule has 1 aromatic carbocycles. The highest BCUT2D eigenvalue weighted by Gasteiger charge is 2.05. The quantitative estimate of drug-likeness (QED) is 0.768. The van der Waals surface area contributed by atoms with E-state index in [1.807, 2.05) is 0 Å². The molecule has 1 aromatic heterocycles. The van der Waals surface area contributed by atoms with Crippen LogP contribution in [-0.4, -0.2) is 16.5 Å². The number of aryl methyl sites for hydroxylation is 3. The van der Waals surface area contributed by atoms with Crippen molar-refractivity contribution in [2.24, 2.45) is 5.73 Å². The molecule has 2 aromatic rings. The van der Waals surface area contributed by atoms with Crippen molar-refractivity contribution in [1.29, 1.82) is 0 Å². The normalized spacial score (nSPS) is 11.3. The zero-order valence-electron chi connectivity index (χ0n) is 11.4. The maximum absolute atomic E-state index is 5.49. The molecule has 3 nitrogen and oxygen atoms in total. The second kappa shape index (κ2) is 6.01. The predicted octanol–water partition coefficient (Wildman–Crippen LogP) is 3.24. The van der Waals surface area contributed by atoms with Gasteiger partial charge in [0.15, 0.2) is 0 Å². The number of hydrogen-bond acceptors (Lipinski definition) is 2. The van der Waals surface area contributed by atoms with Gasteiger partial charge in [0.1, 0.15) is 5.82 Å². The Labute approximate surface area is 109 Å². The molecule has 0 spiro atoms. The molecule has 3 N–H and O–H groups in total. The average molecular weight is 245 g/mol. The highest BCUT2D eigenvalue weighted by Crippen LogP contribution is 2.19. The van der Waals surface area contributed by atoms with Gasteiger partial charge in [-0.05, 0) is 50.4 Å². The van der Waals surface area contributed by atoms with Crippen LogP contribution in [0.15, 0.2) is 12.1 Å². The molecule has 0 aliphatic heterocycles. The topological polar surface area (TPSA) is 54.7 Å². The van der Waals surface area contributed by atoms with E-state index in [0.29, 0.717) is 0 Å². The third-order valence-corrected chi connectivity index (χ3v) is 3.34. The number of nitrogens with zero attached hydrogens (tertiary/aromatic N) is 1. The van der Waals surface area contributed by atoms with E-state index < -0.39 is 0 Å². The molecule has 0 bridgehead atoms. The number of nitrogens with two attached hydrogens (primary N) is 1. The van der Waals surface area contributed by atoms with Gasteiger partial charge in [0.2, 0.25) is 0 Å². The van der Waals surface area contributed by atoms with Crippen LogP contribution in [-0.2, 0) is 6.42 Å². The summed E-state index contributed by atoms with van der Waals surface area (Å²) in [5.41, 5.74) is 10.3. The molecule has 18 heavy (non-hydrogen) atoms. The van der Waals surface area contributed by atoms with Crippen LogP contribution >= 0.6 is 0 Å². The molecule has 0 aliphatic carbocycles. The van der Waals surface area contributed by atoms with Crippen LogP contribution in [0.25, 0.3) is 11.0 Å². The maximum Gasteiger partial charge on any atom is 0.107 e. The molecule has 3 heteroatoms. The number of aromatic amines is 1. The molecule has 1 heterocycles. The third kappa shape index (κ3) is 3.10. The summed E-state index contributed by atoms with van der Waals surface area (Å²) in [5, 5.41) is 0. The second-order valence-corrected chi connectivity index (χ2v) is 5.11. The van der Waals surface area contributed by atoms with Gasteiger partial charge < -0.3 is 10.7 Å². The van der Waals surface area contributed by atoms with Crippen molar-refractivity contribution in [1.82, 2.24) is 9.97 Å². The maximum atomic E-state index is 5.49. The van der Waals surface area contributed by atoms with Crippen LogP contribution in [0.1, 0.15) is 42.6 Å². The van der Waals surface area contributed by atoms with Crippen molar-refractivity contribution >= 4 is 11.0 Å². The lowest BCUT2D eigenvalue weighted by molar-refractivity contribution is 0.638. The first kappa shape index (κ1) is 13.1. The van der Waals surface area contributed by atoms with E-state index in [-0.39, 0.29) is 0 Å². The zero-order valence-corrected chi connectivity index (χ0v) is 11.4. The SMILES string of the molecule is Cc1cc(C)c2nc(CCCCCCN)[nH]c2c1. The summed E-state index contributed by atoms with van der Waals surface area (Å²) in [6.45, 7) is 5.06. The van der Waals surface area contributed by atoms with Gasteiger partial charge in [-0.1, -0.05) is 18.9 Å². The largest absolute Gasteiger partial charge is 0.342 e. The third-order valence-electron chi connectivity index (χ3n) is 3.34. The molecule has 0 saturated heterocycles. The lowest BCUT2D eigenvalue weighted by Crippen LogP contribution is -1.98. The number of aromatic nitrogens is 2. The van der Waals surface area contributed by atoms with Gasteiger partial charge in [-0.15, -0.1) is 0 Å². The summed E-state index contributed by atoms with van der Waals surface area (Å²) in [6, 6.07) is 4.36. The van der Waals surface area contributed by atoms with Crippen LogP contribution in [0.3, 0.4) is 0 Å². The highest BCUT2D eigenvalue weighted by atomic mass is 14.9. The highest BCUT2D eigenvalue weighted by molar-refractivity contribution is 5.79. The Morgan fingerprint density at radius 2 is 1.89 bits per heavy atom. The number of hydrogen-bond donors (Lipinski definition) is 2. The Bertz CT molecular complexity index is 514. The minimum atomic E-state index is 0.809. The summed E-state index contributed by atoms with van der Waals surface area (Å²) in [5.74, 6) is 1.12. The number of fused-ring (bicyclic) bond motifs is 1. The summed E-state index contributed by atoms with van der Waals surface area (Å²) < 4.78 is 0. The van der Waals surface area contributed by atoms with Gasteiger partial charge in [0, 0.05) is 6.42 Å². The van der Waals surface area contributed by atoms with Crippen molar-refractivity contribution in [3.05, 3.63) is 29.1 Å². The number of rotatable bonds is 6. The molecule has 0 unspecified atom stereocenters.